The van der Waals surface area contributed by atoms with Crippen LogP contribution in [0.1, 0.15) is 35.1 Å². The second kappa shape index (κ2) is 11.7. The lowest BCUT2D eigenvalue weighted by molar-refractivity contribution is -0.132. The summed E-state index contributed by atoms with van der Waals surface area (Å²) in [7, 11) is 1.34. The average molecular weight is 527 g/mol. The lowest BCUT2D eigenvalue weighted by Gasteiger charge is -2.29. The molecule has 0 bridgehead atoms. The SMILES string of the molecule is CO/C(Nc1cccc(-c2cccc(C)c2OCc2ccc3c(c2)CCN(CC2CC2)C3)n1)=C(/C=N)C(=O)O. The molecular weight excluding hydrogens is 492 g/mol. The number of nitrogens with zero attached hydrogens (tertiary/aromatic N) is 2. The molecule has 1 fully saturated rings. The number of pyridine rings is 1. The van der Waals surface area contributed by atoms with Crippen LogP contribution in [0, 0.1) is 18.3 Å². The lowest BCUT2D eigenvalue weighted by Crippen LogP contribution is -2.32. The van der Waals surface area contributed by atoms with Crippen LogP contribution in [0.5, 0.6) is 5.75 Å². The second-order valence-corrected chi connectivity index (χ2v) is 10.2. The third-order valence-corrected chi connectivity index (χ3v) is 7.26. The largest absolute Gasteiger partial charge is 0.488 e. The summed E-state index contributed by atoms with van der Waals surface area (Å²) in [5.41, 5.74) is 6.18. The zero-order valence-corrected chi connectivity index (χ0v) is 22.4. The fourth-order valence-electron chi connectivity index (χ4n) is 5.00. The first-order valence-electron chi connectivity index (χ1n) is 13.3. The molecule has 202 valence electrons. The Labute approximate surface area is 228 Å². The third kappa shape index (κ3) is 6.29. The van der Waals surface area contributed by atoms with Crippen molar-refractivity contribution in [2.75, 3.05) is 25.5 Å². The van der Waals surface area contributed by atoms with Gasteiger partial charge in [-0.3, -0.25) is 4.90 Å². The van der Waals surface area contributed by atoms with E-state index in [4.69, 9.17) is 14.9 Å². The Kier molecular flexibility index (Phi) is 7.93. The van der Waals surface area contributed by atoms with Crippen molar-refractivity contribution in [2.45, 2.75) is 39.3 Å². The molecule has 0 amide bonds. The second-order valence-electron chi connectivity index (χ2n) is 10.2. The molecule has 0 unspecified atom stereocenters. The van der Waals surface area contributed by atoms with Crippen molar-refractivity contribution in [3.8, 4) is 17.0 Å². The van der Waals surface area contributed by atoms with Crippen molar-refractivity contribution in [3.63, 3.8) is 0 Å². The Morgan fingerprint density at radius 2 is 2.00 bits per heavy atom. The summed E-state index contributed by atoms with van der Waals surface area (Å²) in [5, 5.41) is 19.6. The normalized spacial score (nSPS) is 15.6. The number of carboxylic acids is 1. The molecule has 2 aromatic carbocycles. The predicted octanol–water partition coefficient (Wildman–Crippen LogP) is 5.41. The fraction of sp³-hybridized carbons (Fsp3) is 0.323. The van der Waals surface area contributed by atoms with Crippen molar-refractivity contribution >= 4 is 18.0 Å². The standard InChI is InChI=1S/C31H34N4O4/c1-20-5-3-6-25(27-7-4-8-28(33-27)34-30(38-2)26(16-32)31(36)37)29(20)39-19-22-11-12-24-18-35(17-21-9-10-21)14-13-23(24)15-22/h3-8,11-12,15-16,21,32H,9-10,13-14,17-19H2,1-2H3,(H,33,34)(H,36,37)/b30-26-,32-16?. The van der Waals surface area contributed by atoms with E-state index < -0.39 is 5.97 Å². The Bertz CT molecular complexity index is 1410. The summed E-state index contributed by atoms with van der Waals surface area (Å²) in [6.45, 7) is 5.86. The van der Waals surface area contributed by atoms with Crippen LogP contribution >= 0.6 is 0 Å². The van der Waals surface area contributed by atoms with Gasteiger partial charge < -0.3 is 25.3 Å². The summed E-state index contributed by atoms with van der Waals surface area (Å²) in [5.74, 6) is 0.728. The zero-order chi connectivity index (χ0) is 27.4. The molecule has 3 N–H and O–H groups in total. The molecule has 39 heavy (non-hydrogen) atoms. The highest BCUT2D eigenvalue weighted by molar-refractivity contribution is 6.08. The van der Waals surface area contributed by atoms with Crippen LogP contribution in [-0.4, -0.2) is 47.4 Å². The Morgan fingerprint density at radius 1 is 1.18 bits per heavy atom. The van der Waals surface area contributed by atoms with Gasteiger partial charge in [-0.25, -0.2) is 9.78 Å². The van der Waals surface area contributed by atoms with Gasteiger partial charge in [-0.15, -0.1) is 0 Å². The maximum absolute atomic E-state index is 11.4. The number of carboxylic acid groups (broad SMARTS) is 1. The van der Waals surface area contributed by atoms with Crippen molar-refractivity contribution in [2.24, 2.45) is 5.92 Å². The minimum atomic E-state index is -1.27. The summed E-state index contributed by atoms with van der Waals surface area (Å²) < 4.78 is 11.6. The molecule has 2 heterocycles. The van der Waals surface area contributed by atoms with E-state index >= 15 is 0 Å². The first-order valence-corrected chi connectivity index (χ1v) is 13.3. The van der Waals surface area contributed by atoms with Crippen molar-refractivity contribution in [3.05, 3.63) is 88.3 Å². The molecule has 0 spiro atoms. The van der Waals surface area contributed by atoms with Gasteiger partial charge in [0.25, 0.3) is 0 Å². The van der Waals surface area contributed by atoms with E-state index in [9.17, 15) is 9.90 Å². The number of aromatic nitrogens is 1. The van der Waals surface area contributed by atoms with Crippen molar-refractivity contribution in [1.82, 2.24) is 9.88 Å². The minimum absolute atomic E-state index is 0.0639. The average Bonchev–Trinajstić information content (AvgIpc) is 3.76. The molecule has 2 aliphatic rings. The number of para-hydroxylation sites is 1. The van der Waals surface area contributed by atoms with E-state index in [2.05, 4.69) is 33.4 Å². The summed E-state index contributed by atoms with van der Waals surface area (Å²) in [4.78, 5) is 18.7. The van der Waals surface area contributed by atoms with Crippen LogP contribution in [0.4, 0.5) is 5.82 Å². The van der Waals surface area contributed by atoms with Crippen molar-refractivity contribution < 1.29 is 19.4 Å². The van der Waals surface area contributed by atoms with Crippen LogP contribution < -0.4 is 10.1 Å². The smallest absolute Gasteiger partial charge is 0.342 e. The number of ether oxygens (including phenoxy) is 2. The topological polar surface area (TPSA) is 108 Å². The van der Waals surface area contributed by atoms with Gasteiger partial charge in [-0.1, -0.05) is 36.4 Å². The highest BCUT2D eigenvalue weighted by atomic mass is 16.5. The van der Waals surface area contributed by atoms with Gasteiger partial charge in [0.05, 0.1) is 12.8 Å². The maximum Gasteiger partial charge on any atom is 0.342 e. The maximum atomic E-state index is 11.4. The van der Waals surface area contributed by atoms with Crippen LogP contribution in [0.25, 0.3) is 11.3 Å². The van der Waals surface area contributed by atoms with Gasteiger partial charge >= 0.3 is 5.97 Å². The van der Waals surface area contributed by atoms with E-state index in [-0.39, 0.29) is 11.5 Å². The molecular formula is C31H34N4O4. The number of carbonyl (C=O) groups is 1. The molecule has 0 atom stereocenters. The minimum Gasteiger partial charge on any atom is -0.488 e. The van der Waals surface area contributed by atoms with Gasteiger partial charge in [0.1, 0.15) is 23.7 Å². The van der Waals surface area contributed by atoms with Crippen LogP contribution in [-0.2, 0) is 29.1 Å². The third-order valence-electron chi connectivity index (χ3n) is 7.26. The Hall–Kier alpha value is -4.17. The first kappa shape index (κ1) is 26.4. The van der Waals surface area contributed by atoms with E-state index in [1.165, 1.54) is 37.6 Å². The molecule has 1 aliphatic heterocycles. The van der Waals surface area contributed by atoms with Gasteiger partial charge in [-0.05, 0) is 72.6 Å². The number of methoxy groups -OCH3 is 1. The molecule has 0 saturated heterocycles. The number of hydrogen-bond donors (Lipinski definition) is 3. The van der Waals surface area contributed by atoms with Gasteiger partial charge in [-0.2, -0.15) is 0 Å². The van der Waals surface area contributed by atoms with Gasteiger partial charge in [0, 0.05) is 31.4 Å². The molecule has 3 aromatic rings. The molecule has 1 saturated carbocycles. The molecule has 1 aromatic heterocycles. The number of hydrogen-bond acceptors (Lipinski definition) is 7. The molecule has 1 aliphatic carbocycles. The monoisotopic (exact) mass is 526 g/mol. The lowest BCUT2D eigenvalue weighted by atomic mass is 9.97. The molecule has 8 heteroatoms. The summed E-state index contributed by atoms with van der Waals surface area (Å²) in [6.07, 6.45) is 4.58. The summed E-state index contributed by atoms with van der Waals surface area (Å²) in [6, 6.07) is 18.1. The number of fused-ring (bicyclic) bond motifs is 1. The quantitative estimate of drug-likeness (QED) is 0.174. The highest BCUT2D eigenvalue weighted by Crippen LogP contribution is 2.34. The highest BCUT2D eigenvalue weighted by Gasteiger charge is 2.26. The Balaban J connectivity index is 1.33. The van der Waals surface area contributed by atoms with Crippen LogP contribution in [0.15, 0.2) is 66.1 Å². The summed E-state index contributed by atoms with van der Waals surface area (Å²) >= 11 is 0. The van der Waals surface area contributed by atoms with E-state index in [1.54, 1.807) is 6.07 Å². The predicted molar refractivity (Wildman–Crippen MR) is 151 cm³/mol. The fourth-order valence-corrected chi connectivity index (χ4v) is 5.00. The number of nitrogens with one attached hydrogen (secondary N) is 2. The van der Waals surface area contributed by atoms with Crippen molar-refractivity contribution in [1.29, 1.82) is 5.41 Å². The van der Waals surface area contributed by atoms with E-state index in [1.807, 2.05) is 37.3 Å². The van der Waals surface area contributed by atoms with Gasteiger partial charge in [0.15, 0.2) is 0 Å². The Morgan fingerprint density at radius 3 is 2.74 bits per heavy atom. The van der Waals surface area contributed by atoms with Crippen LogP contribution in [0.3, 0.4) is 0 Å². The van der Waals surface area contributed by atoms with E-state index in [0.717, 1.165) is 54.1 Å². The zero-order valence-electron chi connectivity index (χ0n) is 22.4. The van der Waals surface area contributed by atoms with E-state index in [0.29, 0.717) is 18.1 Å². The molecule has 5 rings (SSSR count). The number of aryl methyl sites for hydroxylation is 1. The first-order chi connectivity index (χ1) is 18.9. The number of rotatable bonds is 11. The molecule has 0 radical (unpaired) electrons. The number of benzene rings is 2. The van der Waals surface area contributed by atoms with Crippen LogP contribution in [0.2, 0.25) is 0 Å². The number of aliphatic carboxylic acids is 1. The number of anilines is 1. The van der Waals surface area contributed by atoms with Gasteiger partial charge in [0.2, 0.25) is 5.88 Å². The molecule has 8 nitrogen and oxygen atoms in total.